The first kappa shape index (κ1) is 12.8. The Morgan fingerprint density at radius 1 is 1.35 bits per heavy atom. The fourth-order valence-electron chi connectivity index (χ4n) is 2.33. The summed E-state index contributed by atoms with van der Waals surface area (Å²) in [6, 6.07) is 0.225. The Bertz CT molecular complexity index is 260. The second-order valence-corrected chi connectivity index (χ2v) is 5.01. The van der Waals surface area contributed by atoms with Crippen molar-refractivity contribution in [2.75, 3.05) is 39.3 Å². The van der Waals surface area contributed by atoms with Crippen molar-refractivity contribution in [3.8, 4) is 0 Å². The van der Waals surface area contributed by atoms with E-state index in [-0.39, 0.29) is 6.04 Å². The first-order valence-electron chi connectivity index (χ1n) is 6.63. The predicted octanol–water partition coefficient (Wildman–Crippen LogP) is -0.171. The van der Waals surface area contributed by atoms with Crippen LogP contribution in [0.1, 0.15) is 19.8 Å². The van der Waals surface area contributed by atoms with Gasteiger partial charge in [-0.05, 0) is 19.4 Å². The van der Waals surface area contributed by atoms with E-state index in [0.29, 0.717) is 12.6 Å². The Hall–Kier alpha value is -0.650. The molecule has 2 fully saturated rings. The van der Waals surface area contributed by atoms with Crippen LogP contribution in [0.15, 0.2) is 0 Å². The molecule has 1 aliphatic heterocycles. The van der Waals surface area contributed by atoms with Crippen molar-refractivity contribution in [2.24, 2.45) is 0 Å². The van der Waals surface area contributed by atoms with E-state index in [9.17, 15) is 9.90 Å². The molecular formula is C12H23N3O2. The van der Waals surface area contributed by atoms with E-state index in [1.165, 1.54) is 12.8 Å². The van der Waals surface area contributed by atoms with Gasteiger partial charge in [-0.15, -0.1) is 0 Å². The molecule has 1 unspecified atom stereocenters. The first-order chi connectivity index (χ1) is 8.20. The summed E-state index contributed by atoms with van der Waals surface area (Å²) in [7, 11) is 0. The minimum absolute atomic E-state index is 0.352. The topological polar surface area (TPSA) is 55.8 Å². The number of rotatable bonds is 6. The van der Waals surface area contributed by atoms with Crippen molar-refractivity contribution in [3.05, 3.63) is 0 Å². The zero-order valence-electron chi connectivity index (χ0n) is 10.6. The van der Waals surface area contributed by atoms with E-state index in [1.807, 2.05) is 0 Å². The summed E-state index contributed by atoms with van der Waals surface area (Å²) >= 11 is 0. The Labute approximate surface area is 103 Å². The van der Waals surface area contributed by atoms with Crippen LogP contribution in [0.3, 0.4) is 0 Å². The molecule has 98 valence electrons. The van der Waals surface area contributed by atoms with Crippen molar-refractivity contribution in [1.29, 1.82) is 0 Å². The molecule has 0 bridgehead atoms. The summed E-state index contributed by atoms with van der Waals surface area (Å²) in [5.41, 5.74) is 0. The molecule has 1 atom stereocenters. The number of nitrogens with one attached hydrogen (secondary N) is 1. The van der Waals surface area contributed by atoms with Gasteiger partial charge in [0.05, 0.1) is 0 Å². The van der Waals surface area contributed by atoms with Gasteiger partial charge >= 0.3 is 5.97 Å². The molecule has 1 saturated heterocycles. The lowest BCUT2D eigenvalue weighted by Crippen LogP contribution is -2.55. The van der Waals surface area contributed by atoms with Crippen LogP contribution in [0, 0.1) is 0 Å². The Morgan fingerprint density at radius 2 is 2.00 bits per heavy atom. The zero-order chi connectivity index (χ0) is 12.3. The fourth-order valence-corrected chi connectivity index (χ4v) is 2.33. The first-order valence-corrected chi connectivity index (χ1v) is 6.63. The monoisotopic (exact) mass is 241 g/mol. The Kier molecular flexibility index (Phi) is 4.36. The number of aliphatic carboxylic acids is 1. The molecule has 1 aliphatic carbocycles. The second kappa shape index (κ2) is 5.80. The van der Waals surface area contributed by atoms with Gasteiger partial charge in [-0.1, -0.05) is 6.92 Å². The Balaban J connectivity index is 1.80. The molecule has 5 nitrogen and oxygen atoms in total. The molecule has 5 heteroatoms. The number of carboxylic acids is 1. The highest BCUT2D eigenvalue weighted by Gasteiger charge is 2.30. The standard InChI is InChI=1S/C12H23N3O2/c1-2-14-5-7-15(8-6-14)11(12(16)17)9-13-10-3-4-10/h10-11,13H,2-9H2,1H3,(H,16,17). The third kappa shape index (κ3) is 3.66. The minimum atomic E-state index is -0.692. The van der Waals surface area contributed by atoms with Gasteiger partial charge in [-0.3, -0.25) is 9.69 Å². The van der Waals surface area contributed by atoms with Crippen molar-refractivity contribution in [1.82, 2.24) is 15.1 Å². The van der Waals surface area contributed by atoms with Crippen molar-refractivity contribution >= 4 is 5.97 Å². The van der Waals surface area contributed by atoms with E-state index >= 15 is 0 Å². The zero-order valence-corrected chi connectivity index (χ0v) is 10.6. The maximum atomic E-state index is 11.3. The quantitative estimate of drug-likeness (QED) is 0.676. The van der Waals surface area contributed by atoms with Gasteiger partial charge in [-0.25, -0.2) is 0 Å². The third-order valence-electron chi connectivity index (χ3n) is 3.76. The molecule has 2 aliphatic rings. The predicted molar refractivity (Wildman–Crippen MR) is 66.1 cm³/mol. The molecular weight excluding hydrogens is 218 g/mol. The molecule has 0 radical (unpaired) electrons. The number of carbonyl (C=O) groups is 1. The minimum Gasteiger partial charge on any atom is -0.480 e. The summed E-state index contributed by atoms with van der Waals surface area (Å²) < 4.78 is 0. The number of likely N-dealkylation sites (N-methyl/N-ethyl adjacent to an activating group) is 1. The van der Waals surface area contributed by atoms with E-state index in [1.54, 1.807) is 0 Å². The van der Waals surface area contributed by atoms with Crippen LogP contribution in [0.25, 0.3) is 0 Å². The normalized spacial score (nSPS) is 24.8. The van der Waals surface area contributed by atoms with Gasteiger partial charge in [0, 0.05) is 38.8 Å². The van der Waals surface area contributed by atoms with Crippen LogP contribution in [-0.4, -0.2) is 72.2 Å². The number of hydrogen-bond acceptors (Lipinski definition) is 4. The molecule has 1 heterocycles. The smallest absolute Gasteiger partial charge is 0.322 e. The number of hydrogen-bond donors (Lipinski definition) is 2. The van der Waals surface area contributed by atoms with Crippen LogP contribution in [0.2, 0.25) is 0 Å². The molecule has 0 spiro atoms. The molecule has 2 rings (SSSR count). The number of carboxylic acid groups (broad SMARTS) is 1. The molecule has 2 N–H and O–H groups in total. The average Bonchev–Trinajstić information content (AvgIpc) is 3.14. The SMILES string of the molecule is CCN1CCN(C(CNC2CC2)C(=O)O)CC1. The van der Waals surface area contributed by atoms with Crippen molar-refractivity contribution in [3.63, 3.8) is 0 Å². The van der Waals surface area contributed by atoms with Crippen LogP contribution in [0.4, 0.5) is 0 Å². The average molecular weight is 241 g/mol. The van der Waals surface area contributed by atoms with Gasteiger partial charge in [0.15, 0.2) is 0 Å². The summed E-state index contributed by atoms with van der Waals surface area (Å²) in [4.78, 5) is 15.8. The lowest BCUT2D eigenvalue weighted by atomic mass is 10.2. The number of nitrogens with zero attached hydrogens (tertiary/aromatic N) is 2. The van der Waals surface area contributed by atoms with E-state index in [2.05, 4.69) is 22.0 Å². The summed E-state index contributed by atoms with van der Waals surface area (Å²) in [6.45, 7) is 7.53. The molecule has 17 heavy (non-hydrogen) atoms. The lowest BCUT2D eigenvalue weighted by Gasteiger charge is -2.37. The van der Waals surface area contributed by atoms with Gasteiger partial charge in [0.25, 0.3) is 0 Å². The third-order valence-corrected chi connectivity index (χ3v) is 3.76. The highest BCUT2D eigenvalue weighted by molar-refractivity contribution is 5.73. The van der Waals surface area contributed by atoms with Gasteiger partial charge in [-0.2, -0.15) is 0 Å². The second-order valence-electron chi connectivity index (χ2n) is 5.01. The van der Waals surface area contributed by atoms with Gasteiger partial charge in [0.1, 0.15) is 6.04 Å². The van der Waals surface area contributed by atoms with Crippen molar-refractivity contribution < 1.29 is 9.90 Å². The van der Waals surface area contributed by atoms with Crippen LogP contribution in [-0.2, 0) is 4.79 Å². The summed E-state index contributed by atoms with van der Waals surface area (Å²) in [6.07, 6.45) is 2.41. The summed E-state index contributed by atoms with van der Waals surface area (Å²) in [5, 5.41) is 12.6. The van der Waals surface area contributed by atoms with Gasteiger partial charge < -0.3 is 15.3 Å². The van der Waals surface area contributed by atoms with E-state index in [4.69, 9.17) is 0 Å². The molecule has 0 aromatic heterocycles. The van der Waals surface area contributed by atoms with Crippen molar-refractivity contribution in [2.45, 2.75) is 31.8 Å². The fraction of sp³-hybridized carbons (Fsp3) is 0.917. The highest BCUT2D eigenvalue weighted by atomic mass is 16.4. The van der Waals surface area contributed by atoms with Crippen LogP contribution >= 0.6 is 0 Å². The maximum Gasteiger partial charge on any atom is 0.322 e. The van der Waals surface area contributed by atoms with Crippen LogP contribution in [0.5, 0.6) is 0 Å². The van der Waals surface area contributed by atoms with Crippen LogP contribution < -0.4 is 5.32 Å². The summed E-state index contributed by atoms with van der Waals surface area (Å²) in [5.74, 6) is -0.692. The largest absolute Gasteiger partial charge is 0.480 e. The molecule has 1 saturated carbocycles. The Morgan fingerprint density at radius 3 is 2.47 bits per heavy atom. The van der Waals surface area contributed by atoms with E-state index in [0.717, 1.165) is 32.7 Å². The van der Waals surface area contributed by atoms with E-state index < -0.39 is 5.97 Å². The molecule has 0 amide bonds. The van der Waals surface area contributed by atoms with Gasteiger partial charge in [0.2, 0.25) is 0 Å². The number of piperazine rings is 1. The lowest BCUT2D eigenvalue weighted by molar-refractivity contribution is -0.143. The maximum absolute atomic E-state index is 11.3. The highest BCUT2D eigenvalue weighted by Crippen LogP contribution is 2.19. The molecule has 0 aromatic rings. The molecule has 0 aromatic carbocycles.